The zero-order valence-electron chi connectivity index (χ0n) is 31.4. The summed E-state index contributed by atoms with van der Waals surface area (Å²) in [6, 6.07) is 26.2. The number of carbonyl (C=O) groups excluding carboxylic acids is 2. The van der Waals surface area contributed by atoms with Crippen LogP contribution in [0.4, 0.5) is 11.6 Å². The van der Waals surface area contributed by atoms with Crippen LogP contribution in [-0.2, 0) is 9.59 Å². The molecule has 0 aliphatic carbocycles. The second-order valence-electron chi connectivity index (χ2n) is 14.9. The highest BCUT2D eigenvalue weighted by Gasteiger charge is 2.32. The van der Waals surface area contributed by atoms with Crippen molar-refractivity contribution in [2.45, 2.75) is 57.7 Å². The Kier molecular flexibility index (Phi) is 10.1. The number of nitrogens with one attached hydrogen (secondary N) is 2. The molecule has 3 saturated heterocycles. The van der Waals surface area contributed by atoms with Gasteiger partial charge in [-0.2, -0.15) is 0 Å². The second-order valence-corrected chi connectivity index (χ2v) is 14.9. The Bertz CT molecular complexity index is 2460. The van der Waals surface area contributed by atoms with Gasteiger partial charge in [-0.15, -0.1) is 0 Å². The molecule has 56 heavy (non-hydrogen) atoms. The van der Waals surface area contributed by atoms with Gasteiger partial charge >= 0.3 is 0 Å². The molecule has 6 aromatic rings. The minimum absolute atomic E-state index is 0.0240. The summed E-state index contributed by atoms with van der Waals surface area (Å²) in [6.07, 6.45) is 2.69. The summed E-state index contributed by atoms with van der Waals surface area (Å²) in [5.74, 6) is 2.83. The van der Waals surface area contributed by atoms with Crippen LogP contribution in [0.15, 0.2) is 84.9 Å². The highest BCUT2D eigenvalue weighted by atomic mass is 16.3. The summed E-state index contributed by atoms with van der Waals surface area (Å²) in [5, 5.41) is 28.3. The Hall–Kier alpha value is -6.34. The number of amides is 2. The molecule has 9 rings (SSSR count). The van der Waals surface area contributed by atoms with Crippen LogP contribution >= 0.6 is 0 Å². The topological polar surface area (TPSA) is 183 Å². The van der Waals surface area contributed by atoms with E-state index in [9.17, 15) is 19.8 Å². The zero-order chi connectivity index (χ0) is 38.9. The van der Waals surface area contributed by atoms with E-state index >= 15 is 0 Å². The van der Waals surface area contributed by atoms with Crippen LogP contribution in [0.1, 0.15) is 36.8 Å². The van der Waals surface area contributed by atoms with Gasteiger partial charge in [-0.3, -0.25) is 9.59 Å². The van der Waals surface area contributed by atoms with Gasteiger partial charge in [0.2, 0.25) is 11.8 Å². The number of benzene rings is 4. The molecule has 4 aromatic carbocycles. The van der Waals surface area contributed by atoms with Crippen molar-refractivity contribution in [3.05, 3.63) is 96.1 Å². The zero-order valence-corrected chi connectivity index (χ0v) is 31.4. The van der Waals surface area contributed by atoms with Crippen molar-refractivity contribution in [3.63, 3.8) is 0 Å². The Morgan fingerprint density at radius 2 is 1.27 bits per heavy atom. The smallest absolute Gasteiger partial charge is 0.242 e. The number of rotatable bonds is 6. The van der Waals surface area contributed by atoms with Crippen LogP contribution in [0.25, 0.3) is 44.6 Å². The van der Waals surface area contributed by atoms with Crippen LogP contribution in [0.5, 0.6) is 11.5 Å². The largest absolute Gasteiger partial charge is 0.507 e. The van der Waals surface area contributed by atoms with E-state index in [0.717, 1.165) is 77.0 Å². The molecule has 13 nitrogen and oxygen atoms in total. The van der Waals surface area contributed by atoms with Crippen molar-refractivity contribution in [1.82, 2.24) is 30.6 Å². The van der Waals surface area contributed by atoms with Gasteiger partial charge in [0.25, 0.3) is 0 Å². The van der Waals surface area contributed by atoms with Crippen molar-refractivity contribution in [1.29, 1.82) is 0 Å². The number of phenols is 2. The first-order valence-corrected chi connectivity index (χ1v) is 19.1. The summed E-state index contributed by atoms with van der Waals surface area (Å²) >= 11 is 0. The number of aryl methyl sites for hydroxylation is 2. The maximum absolute atomic E-state index is 12.5. The minimum Gasteiger partial charge on any atom is -0.507 e. The molecule has 2 aromatic heterocycles. The summed E-state index contributed by atoms with van der Waals surface area (Å²) in [5.41, 5.74) is 11.2. The maximum Gasteiger partial charge on any atom is 0.242 e. The van der Waals surface area contributed by atoms with Gasteiger partial charge in [-0.05, 0) is 92.8 Å². The van der Waals surface area contributed by atoms with Gasteiger partial charge in [0, 0.05) is 55.5 Å². The monoisotopic (exact) mass is 751 g/mol. The van der Waals surface area contributed by atoms with E-state index in [2.05, 4.69) is 43.6 Å². The van der Waals surface area contributed by atoms with Gasteiger partial charge in [0.1, 0.15) is 29.2 Å². The molecule has 0 radical (unpaired) electrons. The number of aromatic nitrogens is 4. The third-order valence-electron chi connectivity index (χ3n) is 10.6. The molecule has 3 atom stereocenters. The van der Waals surface area contributed by atoms with Crippen LogP contribution in [0.3, 0.4) is 0 Å². The number of anilines is 2. The number of aromatic hydroxyl groups is 2. The number of phenolic OH excluding ortho intramolecular Hbond substituents is 2. The maximum atomic E-state index is 12.5. The highest BCUT2D eigenvalue weighted by molar-refractivity contribution is 5.94. The average Bonchev–Trinajstić information content (AvgIpc) is 3.96. The van der Waals surface area contributed by atoms with Gasteiger partial charge in [-0.1, -0.05) is 36.4 Å². The van der Waals surface area contributed by atoms with E-state index in [1.807, 2.05) is 50.2 Å². The molecule has 3 fully saturated rings. The van der Waals surface area contributed by atoms with Crippen LogP contribution in [-0.4, -0.2) is 86.3 Å². The Labute approximate surface area is 324 Å². The molecule has 3 aliphatic rings. The Balaban J connectivity index is 0.000000164. The van der Waals surface area contributed by atoms with Gasteiger partial charge in [0.15, 0.2) is 11.6 Å². The predicted octanol–water partition coefficient (Wildman–Crippen LogP) is 5.13. The summed E-state index contributed by atoms with van der Waals surface area (Å²) in [6.45, 7) is 7.10. The standard InChI is InChI=1S/C24H25N5O3.C19H20N4O/c1-14-6-7-16-19(12-14)27-22(17-4-2-3-5-20(17)30)28-23(16)29-11-10-15(13-29)25-24(32)18-8-9-21(31)26-18;1-12-6-7-14-16(10-12)21-18(15-4-2-3-5-17(15)24)22-19(14)23-9-8-13(20)11-23/h2-7,12,15,18,30H,8-11,13H2,1H3,(H,25,32)(H,26,31);2-7,10,13,24H,8-9,11,20H2,1H3/t15-,18?;13-/m11/s1. The number of hydrogen-bond acceptors (Lipinski definition) is 11. The van der Waals surface area contributed by atoms with E-state index in [-0.39, 0.29) is 35.4 Å². The van der Waals surface area contributed by atoms with E-state index in [0.29, 0.717) is 42.2 Å². The van der Waals surface area contributed by atoms with Crippen molar-refractivity contribution in [2.24, 2.45) is 5.73 Å². The fourth-order valence-electron chi connectivity index (χ4n) is 7.66. The fourth-order valence-corrected chi connectivity index (χ4v) is 7.66. The first-order chi connectivity index (χ1) is 27.1. The molecule has 13 heteroatoms. The number of nitrogens with zero attached hydrogens (tertiary/aromatic N) is 6. The lowest BCUT2D eigenvalue weighted by atomic mass is 10.1. The molecular weight excluding hydrogens is 707 g/mol. The van der Waals surface area contributed by atoms with Gasteiger partial charge in [-0.25, -0.2) is 19.9 Å². The number of hydrogen-bond donors (Lipinski definition) is 5. The third-order valence-corrected chi connectivity index (χ3v) is 10.6. The third kappa shape index (κ3) is 7.62. The molecule has 2 amide bonds. The molecular formula is C43H45N9O4. The molecule has 0 saturated carbocycles. The molecule has 286 valence electrons. The van der Waals surface area contributed by atoms with Crippen LogP contribution < -0.4 is 26.2 Å². The minimum atomic E-state index is -0.438. The lowest BCUT2D eigenvalue weighted by Crippen LogP contribution is -2.46. The van der Waals surface area contributed by atoms with E-state index in [1.165, 1.54) is 0 Å². The lowest BCUT2D eigenvalue weighted by molar-refractivity contribution is -0.126. The average molecular weight is 752 g/mol. The lowest BCUT2D eigenvalue weighted by Gasteiger charge is -2.21. The highest BCUT2D eigenvalue weighted by Crippen LogP contribution is 2.35. The molecule has 3 aliphatic heterocycles. The molecule has 1 unspecified atom stereocenters. The summed E-state index contributed by atoms with van der Waals surface area (Å²) in [7, 11) is 0. The summed E-state index contributed by atoms with van der Waals surface area (Å²) < 4.78 is 0. The molecule has 6 N–H and O–H groups in total. The molecule has 0 bridgehead atoms. The van der Waals surface area contributed by atoms with E-state index in [4.69, 9.17) is 20.7 Å². The van der Waals surface area contributed by atoms with Crippen molar-refractivity contribution >= 4 is 45.3 Å². The number of nitrogens with two attached hydrogens (primary N) is 1. The Morgan fingerprint density at radius 1 is 0.732 bits per heavy atom. The molecule has 0 spiro atoms. The summed E-state index contributed by atoms with van der Waals surface area (Å²) in [4.78, 5) is 47.3. The first-order valence-electron chi connectivity index (χ1n) is 19.1. The van der Waals surface area contributed by atoms with Crippen LogP contribution in [0.2, 0.25) is 0 Å². The second kappa shape index (κ2) is 15.4. The number of para-hydroxylation sites is 2. The number of carbonyl (C=O) groups is 2. The fraction of sp³-hybridized carbons (Fsp3) is 0.302. The quantitative estimate of drug-likeness (QED) is 0.152. The van der Waals surface area contributed by atoms with Gasteiger partial charge in [0.05, 0.1) is 22.2 Å². The predicted molar refractivity (Wildman–Crippen MR) is 217 cm³/mol. The van der Waals surface area contributed by atoms with E-state index in [1.54, 1.807) is 30.3 Å². The van der Waals surface area contributed by atoms with Crippen LogP contribution in [0, 0.1) is 13.8 Å². The Morgan fingerprint density at radius 3 is 1.77 bits per heavy atom. The first kappa shape index (κ1) is 36.6. The van der Waals surface area contributed by atoms with Crippen molar-refractivity contribution in [3.8, 4) is 34.3 Å². The van der Waals surface area contributed by atoms with E-state index < -0.39 is 6.04 Å². The normalized spacial score (nSPS) is 19.3. The van der Waals surface area contributed by atoms with Gasteiger partial charge < -0.3 is 36.4 Å². The van der Waals surface area contributed by atoms with Crippen molar-refractivity contribution < 1.29 is 19.8 Å². The van der Waals surface area contributed by atoms with Crippen molar-refractivity contribution in [2.75, 3.05) is 36.0 Å². The SMILES string of the molecule is Cc1ccc2c(N3CC[C@@H](N)C3)nc(-c3ccccc3O)nc2c1.Cc1ccc2c(N3CC[C@@H](NC(=O)C4CCC(=O)N4)C3)nc(-c3ccccc3O)nc2c1. The molecule has 5 heterocycles. The number of fused-ring (bicyclic) bond motifs is 2.